The van der Waals surface area contributed by atoms with Crippen LogP contribution in [0.25, 0.3) is 5.52 Å². The molecule has 2 heterocycles. The van der Waals surface area contributed by atoms with Crippen LogP contribution in [0.5, 0.6) is 5.75 Å². The summed E-state index contributed by atoms with van der Waals surface area (Å²) in [5.41, 5.74) is 1.17. The van der Waals surface area contributed by atoms with Gasteiger partial charge in [-0.2, -0.15) is 0 Å². The Balaban J connectivity index is 2.75. The van der Waals surface area contributed by atoms with Crippen molar-refractivity contribution in [3.63, 3.8) is 0 Å². The third-order valence-electron chi connectivity index (χ3n) is 2.25. The van der Waals surface area contributed by atoms with Gasteiger partial charge in [-0.1, -0.05) is 0 Å². The second kappa shape index (κ2) is 3.74. The highest BCUT2D eigenvalue weighted by atomic mass is 16.5. The van der Waals surface area contributed by atoms with Crippen molar-refractivity contribution in [3.8, 4) is 5.75 Å². The minimum atomic E-state index is -0.154. The molecular formula is C11H11NO3. The van der Waals surface area contributed by atoms with Crippen LogP contribution in [0.3, 0.4) is 0 Å². The minimum Gasteiger partial charge on any atom is -0.497 e. The zero-order valence-corrected chi connectivity index (χ0v) is 8.30. The van der Waals surface area contributed by atoms with Crippen LogP contribution in [-0.4, -0.2) is 16.6 Å². The summed E-state index contributed by atoms with van der Waals surface area (Å²) in [6.45, 7) is -0.136. The van der Waals surface area contributed by atoms with Gasteiger partial charge in [0.15, 0.2) is 0 Å². The maximum atomic E-state index is 11.6. The van der Waals surface area contributed by atoms with Crippen molar-refractivity contribution in [3.05, 3.63) is 46.4 Å². The molecule has 0 aliphatic heterocycles. The van der Waals surface area contributed by atoms with Crippen LogP contribution in [0.15, 0.2) is 35.3 Å². The van der Waals surface area contributed by atoms with Crippen molar-refractivity contribution in [1.29, 1.82) is 0 Å². The van der Waals surface area contributed by atoms with E-state index in [2.05, 4.69) is 0 Å². The van der Waals surface area contributed by atoms with E-state index in [1.807, 2.05) is 0 Å². The normalized spacial score (nSPS) is 10.5. The lowest BCUT2D eigenvalue weighted by Gasteiger charge is -2.05. The van der Waals surface area contributed by atoms with Crippen molar-refractivity contribution >= 4 is 5.52 Å². The first-order valence-corrected chi connectivity index (χ1v) is 4.55. The van der Waals surface area contributed by atoms with Crippen molar-refractivity contribution in [2.45, 2.75) is 6.61 Å². The fourth-order valence-electron chi connectivity index (χ4n) is 1.49. The Morgan fingerprint density at radius 2 is 2.20 bits per heavy atom. The highest BCUT2D eigenvalue weighted by molar-refractivity contribution is 5.52. The Morgan fingerprint density at radius 3 is 2.87 bits per heavy atom. The second-order valence-electron chi connectivity index (χ2n) is 3.22. The molecule has 0 saturated carbocycles. The van der Waals surface area contributed by atoms with Gasteiger partial charge in [-0.3, -0.25) is 9.20 Å². The number of ether oxygens (including phenoxy) is 1. The Morgan fingerprint density at radius 1 is 1.40 bits per heavy atom. The Hall–Kier alpha value is -1.81. The number of hydrogen-bond acceptors (Lipinski definition) is 3. The van der Waals surface area contributed by atoms with Gasteiger partial charge in [0.2, 0.25) is 0 Å². The van der Waals surface area contributed by atoms with E-state index in [0.717, 1.165) is 0 Å². The van der Waals surface area contributed by atoms with E-state index in [-0.39, 0.29) is 12.2 Å². The van der Waals surface area contributed by atoms with Crippen LogP contribution in [0.2, 0.25) is 0 Å². The molecule has 0 fully saturated rings. The lowest BCUT2D eigenvalue weighted by molar-refractivity contribution is 0.281. The first-order valence-electron chi connectivity index (χ1n) is 4.55. The number of pyridine rings is 2. The Labute approximate surface area is 86.4 Å². The molecule has 0 aliphatic carbocycles. The van der Waals surface area contributed by atoms with E-state index in [4.69, 9.17) is 9.84 Å². The van der Waals surface area contributed by atoms with Crippen LogP contribution >= 0.6 is 0 Å². The van der Waals surface area contributed by atoms with Gasteiger partial charge in [0.05, 0.1) is 19.2 Å². The van der Waals surface area contributed by atoms with Crippen LogP contribution in [0.4, 0.5) is 0 Å². The number of nitrogens with zero attached hydrogens (tertiary/aromatic N) is 1. The Bertz CT molecular complexity index is 540. The molecule has 0 saturated heterocycles. The van der Waals surface area contributed by atoms with Gasteiger partial charge in [-0.15, -0.1) is 0 Å². The number of hydrogen-bond donors (Lipinski definition) is 1. The third kappa shape index (κ3) is 1.71. The van der Waals surface area contributed by atoms with E-state index in [1.165, 1.54) is 10.5 Å². The van der Waals surface area contributed by atoms with Crippen molar-refractivity contribution in [2.24, 2.45) is 0 Å². The average Bonchev–Trinajstić information content (AvgIpc) is 2.28. The largest absolute Gasteiger partial charge is 0.497 e. The van der Waals surface area contributed by atoms with E-state index in [0.29, 0.717) is 16.8 Å². The van der Waals surface area contributed by atoms with E-state index < -0.39 is 0 Å². The molecule has 0 aliphatic rings. The summed E-state index contributed by atoms with van der Waals surface area (Å²) in [6.07, 6.45) is 1.65. The fourth-order valence-corrected chi connectivity index (χ4v) is 1.49. The van der Waals surface area contributed by atoms with E-state index in [1.54, 1.807) is 31.5 Å². The fraction of sp³-hybridized carbons (Fsp3) is 0.182. The number of rotatable bonds is 2. The monoisotopic (exact) mass is 205 g/mol. The first kappa shape index (κ1) is 9.73. The third-order valence-corrected chi connectivity index (χ3v) is 2.25. The van der Waals surface area contributed by atoms with Crippen LogP contribution in [0.1, 0.15) is 5.56 Å². The molecule has 0 radical (unpaired) electrons. The Kier molecular flexibility index (Phi) is 2.43. The van der Waals surface area contributed by atoms with Gasteiger partial charge < -0.3 is 9.84 Å². The quantitative estimate of drug-likeness (QED) is 0.789. The number of aromatic nitrogens is 1. The molecule has 78 valence electrons. The van der Waals surface area contributed by atoms with Gasteiger partial charge in [-0.05, 0) is 17.7 Å². The van der Waals surface area contributed by atoms with Gasteiger partial charge in [0, 0.05) is 18.3 Å². The molecule has 0 unspecified atom stereocenters. The van der Waals surface area contributed by atoms with Crippen LogP contribution in [-0.2, 0) is 6.61 Å². The molecule has 0 amide bonds. The van der Waals surface area contributed by atoms with Crippen molar-refractivity contribution in [1.82, 2.24) is 4.40 Å². The highest BCUT2D eigenvalue weighted by Crippen LogP contribution is 2.13. The molecular weight excluding hydrogens is 194 g/mol. The summed E-state index contributed by atoms with van der Waals surface area (Å²) in [4.78, 5) is 11.6. The number of aliphatic hydroxyl groups excluding tert-OH is 1. The molecule has 2 rings (SSSR count). The number of methoxy groups -OCH3 is 1. The lowest BCUT2D eigenvalue weighted by atomic mass is 10.2. The molecule has 4 heteroatoms. The first-order chi connectivity index (χ1) is 7.24. The summed E-state index contributed by atoms with van der Waals surface area (Å²) in [6, 6.07) is 6.64. The standard InChI is InChI=1S/C11H11NO3/c1-15-10-2-3-12-9(6-10)4-8(7-13)5-11(12)14/h2-6,13H,7H2,1H3. The molecule has 15 heavy (non-hydrogen) atoms. The van der Waals surface area contributed by atoms with Gasteiger partial charge in [-0.25, -0.2) is 0 Å². The summed E-state index contributed by atoms with van der Waals surface area (Å²) >= 11 is 0. The molecule has 4 nitrogen and oxygen atoms in total. The van der Waals surface area contributed by atoms with Crippen molar-refractivity contribution < 1.29 is 9.84 Å². The van der Waals surface area contributed by atoms with Gasteiger partial charge in [0.25, 0.3) is 5.56 Å². The van der Waals surface area contributed by atoms with Gasteiger partial charge in [0.1, 0.15) is 5.75 Å². The lowest BCUT2D eigenvalue weighted by Crippen LogP contribution is -2.13. The summed E-state index contributed by atoms with van der Waals surface area (Å²) in [5, 5.41) is 8.97. The highest BCUT2D eigenvalue weighted by Gasteiger charge is 2.00. The predicted octanol–water partition coefficient (Wildman–Crippen LogP) is 0.800. The molecule has 2 aromatic rings. The molecule has 1 N–H and O–H groups in total. The smallest absolute Gasteiger partial charge is 0.255 e. The molecule has 0 aromatic carbocycles. The molecule has 2 aromatic heterocycles. The zero-order valence-electron chi connectivity index (χ0n) is 8.30. The minimum absolute atomic E-state index is 0.136. The topological polar surface area (TPSA) is 50.9 Å². The van der Waals surface area contributed by atoms with Crippen LogP contribution in [0, 0.1) is 0 Å². The maximum Gasteiger partial charge on any atom is 0.255 e. The zero-order chi connectivity index (χ0) is 10.8. The number of fused-ring (bicyclic) bond motifs is 1. The van der Waals surface area contributed by atoms with E-state index >= 15 is 0 Å². The average molecular weight is 205 g/mol. The van der Waals surface area contributed by atoms with Gasteiger partial charge >= 0.3 is 0 Å². The SMILES string of the molecule is COc1ccn2c(=O)cc(CO)cc2c1. The van der Waals surface area contributed by atoms with Crippen molar-refractivity contribution in [2.75, 3.05) is 7.11 Å². The van der Waals surface area contributed by atoms with Crippen LogP contribution < -0.4 is 10.3 Å². The van der Waals surface area contributed by atoms with E-state index in [9.17, 15) is 4.79 Å². The molecule has 0 bridgehead atoms. The summed E-state index contributed by atoms with van der Waals surface area (Å²) in [7, 11) is 1.57. The second-order valence-corrected chi connectivity index (χ2v) is 3.22. The summed E-state index contributed by atoms with van der Waals surface area (Å²) < 4.78 is 6.56. The summed E-state index contributed by atoms with van der Waals surface area (Å²) in [5.74, 6) is 0.685. The maximum absolute atomic E-state index is 11.6. The molecule has 0 spiro atoms. The predicted molar refractivity (Wildman–Crippen MR) is 56.1 cm³/mol. The number of aliphatic hydroxyl groups is 1. The molecule has 0 atom stereocenters.